The Labute approximate surface area is 168 Å². The van der Waals surface area contributed by atoms with Gasteiger partial charge in [0.15, 0.2) is 0 Å². The van der Waals surface area contributed by atoms with E-state index in [2.05, 4.69) is 10.6 Å². The van der Waals surface area contributed by atoms with Crippen molar-refractivity contribution in [3.8, 4) is 5.75 Å². The van der Waals surface area contributed by atoms with E-state index >= 15 is 0 Å². The molecule has 0 atom stereocenters. The highest BCUT2D eigenvalue weighted by Crippen LogP contribution is 2.18. The number of carbonyl (C=O) groups excluding carboxylic acids is 2. The number of nitrogens with one attached hydrogen (secondary N) is 2. The Balaban J connectivity index is 1.56. The summed E-state index contributed by atoms with van der Waals surface area (Å²) in [6, 6.07) is 20.1. The smallest absolute Gasteiger partial charge is 0.251 e. The monoisotopic (exact) mass is 392 g/mol. The van der Waals surface area contributed by atoms with Crippen molar-refractivity contribution in [2.24, 2.45) is 0 Å². The van der Waals surface area contributed by atoms with Gasteiger partial charge in [-0.25, -0.2) is 4.39 Å². The lowest BCUT2D eigenvalue weighted by Gasteiger charge is -2.10. The van der Waals surface area contributed by atoms with Gasteiger partial charge in [-0.2, -0.15) is 0 Å². The third-order valence-electron chi connectivity index (χ3n) is 4.37. The Morgan fingerprint density at radius 1 is 0.897 bits per heavy atom. The van der Waals surface area contributed by atoms with Crippen molar-refractivity contribution >= 4 is 17.5 Å². The maximum Gasteiger partial charge on any atom is 0.251 e. The first-order valence-electron chi connectivity index (χ1n) is 9.10. The fourth-order valence-electron chi connectivity index (χ4n) is 2.85. The van der Waals surface area contributed by atoms with E-state index in [9.17, 15) is 14.0 Å². The molecule has 0 unspecified atom stereocenters. The molecule has 0 fully saturated rings. The molecule has 2 amide bonds. The van der Waals surface area contributed by atoms with Crippen LogP contribution in [0.2, 0.25) is 0 Å². The summed E-state index contributed by atoms with van der Waals surface area (Å²) in [7, 11) is 1.56. The number of hydrogen-bond acceptors (Lipinski definition) is 3. The third-order valence-corrected chi connectivity index (χ3v) is 4.37. The van der Waals surface area contributed by atoms with Gasteiger partial charge in [0.1, 0.15) is 11.6 Å². The topological polar surface area (TPSA) is 67.4 Å². The zero-order chi connectivity index (χ0) is 20.6. The van der Waals surface area contributed by atoms with Crippen molar-refractivity contribution in [1.82, 2.24) is 5.32 Å². The average molecular weight is 392 g/mol. The van der Waals surface area contributed by atoms with Crippen molar-refractivity contribution < 1.29 is 18.7 Å². The summed E-state index contributed by atoms with van der Waals surface area (Å²) in [6.07, 6.45) is 0.175. The van der Waals surface area contributed by atoms with Crippen LogP contribution in [0.1, 0.15) is 21.5 Å². The molecule has 0 aliphatic heterocycles. The first-order valence-corrected chi connectivity index (χ1v) is 9.10. The van der Waals surface area contributed by atoms with Gasteiger partial charge in [-0.1, -0.05) is 36.4 Å². The molecule has 0 aliphatic rings. The van der Waals surface area contributed by atoms with Crippen LogP contribution in [-0.2, 0) is 17.8 Å². The Bertz CT molecular complexity index is 1000. The van der Waals surface area contributed by atoms with Gasteiger partial charge in [-0.05, 0) is 36.4 Å². The van der Waals surface area contributed by atoms with Crippen molar-refractivity contribution in [2.45, 2.75) is 13.0 Å². The van der Waals surface area contributed by atoms with Crippen LogP contribution in [0.25, 0.3) is 0 Å². The summed E-state index contributed by atoms with van der Waals surface area (Å²) in [5.74, 6) is -0.211. The van der Waals surface area contributed by atoms with Crippen LogP contribution < -0.4 is 15.4 Å². The summed E-state index contributed by atoms with van der Waals surface area (Å²) in [6.45, 7) is 0.100. The molecule has 148 valence electrons. The predicted octanol–water partition coefficient (Wildman–Crippen LogP) is 3.95. The van der Waals surface area contributed by atoms with E-state index in [0.717, 1.165) is 5.56 Å². The van der Waals surface area contributed by atoms with E-state index in [4.69, 9.17) is 4.74 Å². The number of para-hydroxylation sites is 1. The molecule has 0 saturated heterocycles. The lowest BCUT2D eigenvalue weighted by Crippen LogP contribution is -2.23. The number of ether oxygens (including phenoxy) is 1. The van der Waals surface area contributed by atoms with Crippen LogP contribution in [0.15, 0.2) is 72.8 Å². The first-order chi connectivity index (χ1) is 14.1. The number of halogens is 1. The predicted molar refractivity (Wildman–Crippen MR) is 109 cm³/mol. The van der Waals surface area contributed by atoms with Crippen molar-refractivity contribution in [2.75, 3.05) is 12.4 Å². The number of methoxy groups -OCH3 is 1. The highest BCUT2D eigenvalue weighted by Gasteiger charge is 2.10. The Kier molecular flexibility index (Phi) is 6.58. The standard InChI is InChI=1S/C23H21FN2O3/c1-29-21-9-5-3-6-17(21)14-22(27)26-19-12-10-16(11-13-19)23(28)25-15-18-7-2-4-8-20(18)24/h2-13H,14-15H2,1H3,(H,25,28)(H,26,27). The van der Waals surface area contributed by atoms with Gasteiger partial charge >= 0.3 is 0 Å². The molecule has 3 aromatic rings. The largest absolute Gasteiger partial charge is 0.496 e. The maximum atomic E-state index is 13.6. The van der Waals surface area contributed by atoms with Crippen LogP contribution in [0.5, 0.6) is 5.75 Å². The Morgan fingerprint density at radius 2 is 1.55 bits per heavy atom. The number of amides is 2. The lowest BCUT2D eigenvalue weighted by molar-refractivity contribution is -0.115. The molecule has 6 heteroatoms. The summed E-state index contributed by atoms with van der Waals surface area (Å²) in [5, 5.41) is 5.48. The molecule has 2 N–H and O–H groups in total. The Morgan fingerprint density at radius 3 is 2.24 bits per heavy atom. The van der Waals surface area contributed by atoms with Gasteiger partial charge in [0, 0.05) is 28.9 Å². The summed E-state index contributed by atoms with van der Waals surface area (Å²) in [5.41, 5.74) is 2.21. The molecule has 3 rings (SSSR count). The van der Waals surface area contributed by atoms with Crippen molar-refractivity contribution in [3.63, 3.8) is 0 Å². The molecule has 3 aromatic carbocycles. The molecular formula is C23H21FN2O3. The zero-order valence-electron chi connectivity index (χ0n) is 15.9. The van der Waals surface area contributed by atoms with E-state index in [1.54, 1.807) is 55.6 Å². The minimum atomic E-state index is -0.360. The van der Waals surface area contributed by atoms with E-state index < -0.39 is 0 Å². The van der Waals surface area contributed by atoms with E-state index in [1.165, 1.54) is 6.07 Å². The fraction of sp³-hybridized carbons (Fsp3) is 0.130. The lowest BCUT2D eigenvalue weighted by atomic mass is 10.1. The van der Waals surface area contributed by atoms with Crippen LogP contribution in [0.4, 0.5) is 10.1 Å². The SMILES string of the molecule is COc1ccccc1CC(=O)Nc1ccc(C(=O)NCc2ccccc2F)cc1. The van der Waals surface area contributed by atoms with Crippen molar-refractivity contribution in [1.29, 1.82) is 0 Å². The van der Waals surface area contributed by atoms with Crippen LogP contribution in [-0.4, -0.2) is 18.9 Å². The average Bonchev–Trinajstić information content (AvgIpc) is 2.74. The summed E-state index contributed by atoms with van der Waals surface area (Å²) < 4.78 is 18.9. The van der Waals surface area contributed by atoms with E-state index in [0.29, 0.717) is 22.6 Å². The second-order valence-electron chi connectivity index (χ2n) is 6.39. The van der Waals surface area contributed by atoms with Crippen LogP contribution >= 0.6 is 0 Å². The molecule has 0 radical (unpaired) electrons. The summed E-state index contributed by atoms with van der Waals surface area (Å²) in [4.78, 5) is 24.5. The van der Waals surface area contributed by atoms with Gasteiger partial charge in [0.05, 0.1) is 13.5 Å². The number of anilines is 1. The highest BCUT2D eigenvalue weighted by molar-refractivity contribution is 5.96. The molecular weight excluding hydrogens is 371 g/mol. The first kappa shape index (κ1) is 20.1. The highest BCUT2D eigenvalue weighted by atomic mass is 19.1. The van der Waals surface area contributed by atoms with E-state index in [1.807, 2.05) is 18.2 Å². The second kappa shape index (κ2) is 9.50. The zero-order valence-corrected chi connectivity index (χ0v) is 15.9. The number of rotatable bonds is 7. The second-order valence-corrected chi connectivity index (χ2v) is 6.39. The molecule has 5 nitrogen and oxygen atoms in total. The van der Waals surface area contributed by atoms with Crippen molar-refractivity contribution in [3.05, 3.63) is 95.3 Å². The van der Waals surface area contributed by atoms with Crippen LogP contribution in [0.3, 0.4) is 0 Å². The van der Waals surface area contributed by atoms with E-state index in [-0.39, 0.29) is 30.6 Å². The van der Waals surface area contributed by atoms with Gasteiger partial charge in [0.25, 0.3) is 5.91 Å². The molecule has 0 spiro atoms. The molecule has 0 bridgehead atoms. The fourth-order valence-corrected chi connectivity index (χ4v) is 2.85. The summed E-state index contributed by atoms with van der Waals surface area (Å²) >= 11 is 0. The number of benzene rings is 3. The number of carbonyl (C=O) groups is 2. The maximum absolute atomic E-state index is 13.6. The molecule has 0 aromatic heterocycles. The minimum absolute atomic E-state index is 0.100. The molecule has 0 aliphatic carbocycles. The van der Waals surface area contributed by atoms with Gasteiger partial charge in [-0.3, -0.25) is 9.59 Å². The normalized spacial score (nSPS) is 10.3. The Hall–Kier alpha value is -3.67. The van der Waals surface area contributed by atoms with Gasteiger partial charge in [-0.15, -0.1) is 0 Å². The minimum Gasteiger partial charge on any atom is -0.496 e. The van der Waals surface area contributed by atoms with Gasteiger partial charge < -0.3 is 15.4 Å². The number of hydrogen-bond donors (Lipinski definition) is 2. The van der Waals surface area contributed by atoms with Crippen LogP contribution in [0, 0.1) is 5.82 Å². The molecule has 0 saturated carbocycles. The quantitative estimate of drug-likeness (QED) is 0.640. The molecule has 0 heterocycles. The molecule has 29 heavy (non-hydrogen) atoms. The third kappa shape index (κ3) is 5.42. The van der Waals surface area contributed by atoms with Gasteiger partial charge in [0.2, 0.25) is 5.91 Å².